The zero-order valence-corrected chi connectivity index (χ0v) is 6.52. The summed E-state index contributed by atoms with van der Waals surface area (Å²) in [5.41, 5.74) is -1.38. The Morgan fingerprint density at radius 2 is 2.00 bits per heavy atom. The summed E-state index contributed by atoms with van der Waals surface area (Å²) in [6, 6.07) is 0.553. The van der Waals surface area contributed by atoms with Crippen molar-refractivity contribution in [3.05, 3.63) is 23.6 Å². The monoisotopic (exact) mass is 195 g/mol. The molecule has 0 saturated heterocycles. The molecule has 0 spiro atoms. The molecule has 1 aromatic rings. The summed E-state index contributed by atoms with van der Waals surface area (Å²) in [7, 11) is 1.05. The van der Waals surface area contributed by atoms with E-state index < -0.39 is 23.4 Å². The van der Waals surface area contributed by atoms with Crippen LogP contribution >= 0.6 is 0 Å². The Bertz CT molecular complexity index is 310. The van der Waals surface area contributed by atoms with Crippen molar-refractivity contribution in [2.45, 2.75) is 6.18 Å². The molecule has 72 valence electrons. The van der Waals surface area contributed by atoms with E-state index >= 15 is 0 Å². The van der Waals surface area contributed by atoms with Crippen LogP contribution in [0.4, 0.5) is 17.6 Å². The first-order chi connectivity index (χ1) is 5.96. The molecule has 0 amide bonds. The van der Waals surface area contributed by atoms with Gasteiger partial charge in [-0.2, -0.15) is 13.2 Å². The van der Waals surface area contributed by atoms with Crippen molar-refractivity contribution in [2.24, 2.45) is 0 Å². The molecule has 1 rings (SSSR count). The SMILES string of the molecule is COc1nccc(C(F)(F)F)c1F. The minimum absolute atomic E-state index is 0.553. The molecule has 0 fully saturated rings. The van der Waals surface area contributed by atoms with Crippen LogP contribution in [0.5, 0.6) is 5.88 Å². The molecule has 0 bridgehead atoms. The van der Waals surface area contributed by atoms with Crippen molar-refractivity contribution < 1.29 is 22.3 Å². The van der Waals surface area contributed by atoms with E-state index in [0.29, 0.717) is 6.07 Å². The Balaban J connectivity index is 3.24. The third kappa shape index (κ3) is 1.88. The highest BCUT2D eigenvalue weighted by molar-refractivity contribution is 5.25. The van der Waals surface area contributed by atoms with Crippen molar-refractivity contribution in [1.82, 2.24) is 4.98 Å². The van der Waals surface area contributed by atoms with Gasteiger partial charge in [-0.15, -0.1) is 0 Å². The van der Waals surface area contributed by atoms with Gasteiger partial charge in [0.05, 0.1) is 12.7 Å². The Morgan fingerprint density at radius 1 is 1.38 bits per heavy atom. The largest absolute Gasteiger partial charge is 0.479 e. The highest BCUT2D eigenvalue weighted by atomic mass is 19.4. The Kier molecular flexibility index (Phi) is 2.40. The van der Waals surface area contributed by atoms with Crippen molar-refractivity contribution >= 4 is 0 Å². The van der Waals surface area contributed by atoms with Crippen LogP contribution in [0.15, 0.2) is 12.3 Å². The fourth-order valence-corrected chi connectivity index (χ4v) is 0.786. The number of methoxy groups -OCH3 is 1. The highest BCUT2D eigenvalue weighted by Gasteiger charge is 2.35. The Morgan fingerprint density at radius 3 is 2.46 bits per heavy atom. The number of pyridine rings is 1. The number of nitrogens with zero attached hydrogens (tertiary/aromatic N) is 1. The Labute approximate surface area is 71.2 Å². The maximum atomic E-state index is 12.9. The van der Waals surface area contributed by atoms with Crippen LogP contribution in [0.25, 0.3) is 0 Å². The number of ether oxygens (including phenoxy) is 1. The van der Waals surface area contributed by atoms with Crippen LogP contribution in [0, 0.1) is 5.82 Å². The molecule has 2 nitrogen and oxygen atoms in total. The van der Waals surface area contributed by atoms with Crippen molar-refractivity contribution in [3.8, 4) is 5.88 Å². The first-order valence-electron chi connectivity index (χ1n) is 3.22. The summed E-state index contributed by atoms with van der Waals surface area (Å²) in [6.07, 6.45) is -3.88. The number of hydrogen-bond acceptors (Lipinski definition) is 2. The van der Waals surface area contributed by atoms with Crippen LogP contribution in [0.1, 0.15) is 5.56 Å². The van der Waals surface area contributed by atoms with Crippen LogP contribution in [0.3, 0.4) is 0 Å². The molecule has 13 heavy (non-hydrogen) atoms. The predicted octanol–water partition coefficient (Wildman–Crippen LogP) is 2.25. The molecule has 1 heterocycles. The number of rotatable bonds is 1. The minimum atomic E-state index is -4.72. The van der Waals surface area contributed by atoms with Gasteiger partial charge in [0.15, 0.2) is 5.82 Å². The second-order valence-electron chi connectivity index (χ2n) is 2.18. The second-order valence-corrected chi connectivity index (χ2v) is 2.18. The van der Waals surface area contributed by atoms with Crippen LogP contribution in [0.2, 0.25) is 0 Å². The first kappa shape index (κ1) is 9.76. The molecule has 0 unspecified atom stereocenters. The zero-order valence-electron chi connectivity index (χ0n) is 6.52. The van der Waals surface area contributed by atoms with E-state index in [1.165, 1.54) is 0 Å². The van der Waals surface area contributed by atoms with Crippen molar-refractivity contribution in [2.75, 3.05) is 7.11 Å². The molecule has 1 aromatic heterocycles. The van der Waals surface area contributed by atoms with Gasteiger partial charge in [-0.05, 0) is 6.07 Å². The molecule has 0 saturated carbocycles. The van der Waals surface area contributed by atoms with Crippen LogP contribution < -0.4 is 4.74 Å². The van der Waals surface area contributed by atoms with Gasteiger partial charge in [-0.25, -0.2) is 9.37 Å². The molecule has 0 atom stereocenters. The lowest BCUT2D eigenvalue weighted by molar-refractivity contribution is -0.140. The van der Waals surface area contributed by atoms with Crippen LogP contribution in [-0.2, 0) is 6.18 Å². The molecule has 0 aromatic carbocycles. The Hall–Kier alpha value is -1.33. The molecule has 0 N–H and O–H groups in total. The number of hydrogen-bond donors (Lipinski definition) is 0. The van der Waals surface area contributed by atoms with Gasteiger partial charge in [-0.1, -0.05) is 0 Å². The third-order valence-corrected chi connectivity index (χ3v) is 1.36. The molecular weight excluding hydrogens is 190 g/mol. The summed E-state index contributed by atoms with van der Waals surface area (Å²) >= 11 is 0. The standard InChI is InChI=1S/C7H5F4NO/c1-13-6-5(8)4(2-3-12-6)7(9,10)11/h2-3H,1H3. The molecule has 0 aliphatic carbocycles. The zero-order chi connectivity index (χ0) is 10.1. The molecular formula is C7H5F4NO. The lowest BCUT2D eigenvalue weighted by Gasteiger charge is -2.08. The van der Waals surface area contributed by atoms with Gasteiger partial charge in [0, 0.05) is 6.20 Å². The highest BCUT2D eigenvalue weighted by Crippen LogP contribution is 2.33. The van der Waals surface area contributed by atoms with E-state index in [-0.39, 0.29) is 0 Å². The van der Waals surface area contributed by atoms with Gasteiger partial charge in [0.25, 0.3) is 5.88 Å². The van der Waals surface area contributed by atoms with Crippen molar-refractivity contribution in [1.29, 1.82) is 0 Å². The summed E-state index contributed by atoms with van der Waals surface area (Å²) in [5.74, 6) is -2.15. The maximum absolute atomic E-state index is 12.9. The van der Waals surface area contributed by atoms with Crippen LogP contribution in [-0.4, -0.2) is 12.1 Å². The fraction of sp³-hybridized carbons (Fsp3) is 0.286. The third-order valence-electron chi connectivity index (χ3n) is 1.36. The normalized spacial score (nSPS) is 11.5. The van der Waals surface area contributed by atoms with E-state index in [1.807, 2.05) is 0 Å². The van der Waals surface area contributed by atoms with Gasteiger partial charge in [0.2, 0.25) is 0 Å². The van der Waals surface area contributed by atoms with E-state index in [4.69, 9.17) is 0 Å². The van der Waals surface area contributed by atoms with Gasteiger partial charge in [-0.3, -0.25) is 0 Å². The van der Waals surface area contributed by atoms with Gasteiger partial charge < -0.3 is 4.74 Å². The number of aromatic nitrogens is 1. The van der Waals surface area contributed by atoms with Gasteiger partial charge in [0.1, 0.15) is 0 Å². The fourth-order valence-electron chi connectivity index (χ4n) is 0.786. The lowest BCUT2D eigenvalue weighted by atomic mass is 10.2. The number of halogens is 4. The quantitative estimate of drug-likeness (QED) is 0.641. The average molecular weight is 195 g/mol. The molecule has 0 aliphatic rings. The summed E-state index contributed by atoms with van der Waals surface area (Å²) < 4.78 is 53.3. The number of alkyl halides is 3. The predicted molar refractivity (Wildman–Crippen MR) is 35.7 cm³/mol. The second kappa shape index (κ2) is 3.20. The summed E-state index contributed by atoms with van der Waals surface area (Å²) in [5, 5.41) is 0. The topological polar surface area (TPSA) is 22.1 Å². The van der Waals surface area contributed by atoms with E-state index in [1.54, 1.807) is 0 Å². The molecule has 6 heteroatoms. The smallest absolute Gasteiger partial charge is 0.419 e. The molecule has 0 radical (unpaired) electrons. The average Bonchev–Trinajstić information content (AvgIpc) is 2.02. The van der Waals surface area contributed by atoms with E-state index in [0.717, 1.165) is 13.3 Å². The van der Waals surface area contributed by atoms with Gasteiger partial charge >= 0.3 is 6.18 Å². The van der Waals surface area contributed by atoms with E-state index in [2.05, 4.69) is 9.72 Å². The summed E-state index contributed by atoms with van der Waals surface area (Å²) in [4.78, 5) is 3.27. The lowest BCUT2D eigenvalue weighted by Crippen LogP contribution is -2.09. The van der Waals surface area contributed by atoms with E-state index in [9.17, 15) is 17.6 Å². The first-order valence-corrected chi connectivity index (χ1v) is 3.22. The maximum Gasteiger partial charge on any atom is 0.419 e. The minimum Gasteiger partial charge on any atom is -0.479 e. The molecule has 0 aliphatic heterocycles. The summed E-state index contributed by atoms with van der Waals surface area (Å²) in [6.45, 7) is 0. The van der Waals surface area contributed by atoms with Crippen molar-refractivity contribution in [3.63, 3.8) is 0 Å².